The third-order valence-corrected chi connectivity index (χ3v) is 8.42. The number of aryl methyl sites for hydroxylation is 1. The van der Waals surface area contributed by atoms with Crippen molar-refractivity contribution in [3.63, 3.8) is 0 Å². The van der Waals surface area contributed by atoms with Gasteiger partial charge in [-0.25, -0.2) is 9.97 Å². The summed E-state index contributed by atoms with van der Waals surface area (Å²) >= 11 is 0. The third-order valence-electron chi connectivity index (χ3n) is 8.42. The number of Topliss-reactive ketones (excluding diaryl/α,β-unsaturated/α-hetero) is 1. The van der Waals surface area contributed by atoms with Gasteiger partial charge < -0.3 is 20.7 Å². The number of anilines is 4. The van der Waals surface area contributed by atoms with Crippen LogP contribution in [0.3, 0.4) is 0 Å². The first-order chi connectivity index (χ1) is 21.7. The lowest BCUT2D eigenvalue weighted by Crippen LogP contribution is -2.42. The molecule has 6 rings (SSSR count). The van der Waals surface area contributed by atoms with Gasteiger partial charge in [-0.3, -0.25) is 24.2 Å². The van der Waals surface area contributed by atoms with Crippen LogP contribution in [0.4, 0.5) is 23.0 Å². The maximum atomic E-state index is 13.3. The standard InChI is InChI=1S/C34H30N6O5/c1-19-15-23(7-9-26(19)39-33-36-14-11-27(40-33)22-5-4-13-35-18-22)37-30(42)21-6-8-24-20(2)34(32(44)45-3)12-10-29(41)25(17-34)31(43)38-28(24)16-21/h4-9,11,13-18,20H,10,12H2,1-3H3,(H,37,42)(H,38,43)(H,36,39,40). The van der Waals surface area contributed by atoms with Crippen LogP contribution in [0.25, 0.3) is 11.3 Å². The van der Waals surface area contributed by atoms with Crippen LogP contribution in [0, 0.1) is 12.3 Å². The molecule has 4 aromatic rings. The number of hydrogen-bond donors (Lipinski definition) is 3. The molecular weight excluding hydrogens is 572 g/mol. The van der Waals surface area contributed by atoms with Crippen molar-refractivity contribution in [2.45, 2.75) is 32.6 Å². The molecule has 2 aromatic carbocycles. The molecule has 3 N–H and O–H groups in total. The molecule has 45 heavy (non-hydrogen) atoms. The Balaban J connectivity index is 1.22. The molecule has 0 saturated carbocycles. The molecule has 2 amide bonds. The van der Waals surface area contributed by atoms with Crippen molar-refractivity contribution in [1.29, 1.82) is 0 Å². The molecule has 1 aliphatic carbocycles. The number of fused-ring (bicyclic) bond motifs is 2. The van der Waals surface area contributed by atoms with E-state index in [0.717, 1.165) is 22.5 Å². The number of benzene rings is 2. The van der Waals surface area contributed by atoms with Gasteiger partial charge in [-0.1, -0.05) is 19.1 Å². The first-order valence-corrected chi connectivity index (χ1v) is 14.4. The van der Waals surface area contributed by atoms with Gasteiger partial charge in [-0.15, -0.1) is 0 Å². The summed E-state index contributed by atoms with van der Waals surface area (Å²) in [7, 11) is 1.29. The topological polar surface area (TPSA) is 152 Å². The van der Waals surface area contributed by atoms with Crippen molar-refractivity contribution < 1.29 is 23.9 Å². The van der Waals surface area contributed by atoms with Gasteiger partial charge in [0.15, 0.2) is 5.78 Å². The summed E-state index contributed by atoms with van der Waals surface area (Å²) in [6, 6.07) is 15.9. The number of carbonyl (C=O) groups excluding carboxylic acids is 4. The van der Waals surface area contributed by atoms with E-state index in [1.807, 2.05) is 44.2 Å². The highest BCUT2D eigenvalue weighted by molar-refractivity contribution is 6.25. The van der Waals surface area contributed by atoms with E-state index < -0.39 is 29.1 Å². The lowest BCUT2D eigenvalue weighted by atomic mass is 9.65. The van der Waals surface area contributed by atoms with E-state index in [2.05, 4.69) is 30.9 Å². The van der Waals surface area contributed by atoms with E-state index in [-0.39, 0.29) is 24.2 Å². The van der Waals surface area contributed by atoms with Crippen molar-refractivity contribution in [2.75, 3.05) is 23.1 Å². The Bertz CT molecular complexity index is 1890. The predicted molar refractivity (Wildman–Crippen MR) is 168 cm³/mol. The zero-order valence-electron chi connectivity index (χ0n) is 24.9. The molecule has 11 heteroatoms. The van der Waals surface area contributed by atoms with Crippen molar-refractivity contribution in [3.05, 3.63) is 102 Å². The minimum Gasteiger partial charge on any atom is -0.468 e. The van der Waals surface area contributed by atoms with Gasteiger partial charge in [0.05, 0.1) is 23.8 Å². The van der Waals surface area contributed by atoms with Crippen molar-refractivity contribution in [1.82, 2.24) is 15.0 Å². The number of ether oxygens (including phenoxy) is 1. The Morgan fingerprint density at radius 3 is 2.67 bits per heavy atom. The average Bonchev–Trinajstić information content (AvgIpc) is 3.05. The zero-order valence-corrected chi connectivity index (χ0v) is 24.9. The zero-order chi connectivity index (χ0) is 31.7. The van der Waals surface area contributed by atoms with E-state index >= 15 is 0 Å². The number of aromatic nitrogens is 3. The van der Waals surface area contributed by atoms with Gasteiger partial charge in [0.1, 0.15) is 0 Å². The Morgan fingerprint density at radius 2 is 1.91 bits per heavy atom. The van der Waals surface area contributed by atoms with E-state index in [1.165, 1.54) is 13.2 Å². The summed E-state index contributed by atoms with van der Waals surface area (Å²) in [5.41, 5.74) is 3.85. The second kappa shape index (κ2) is 11.8. The van der Waals surface area contributed by atoms with E-state index in [1.54, 1.807) is 42.9 Å². The van der Waals surface area contributed by atoms with Crippen LogP contribution in [-0.2, 0) is 19.1 Å². The SMILES string of the molecule is COC(=O)C12C=C(C(=O)CC1)C(=O)Nc1cc(C(=O)Nc3ccc(Nc4nccc(-c5cccnc5)n4)c(C)c3)ccc1C2C. The number of esters is 1. The summed E-state index contributed by atoms with van der Waals surface area (Å²) in [5, 5.41) is 8.91. The molecule has 2 aliphatic rings. The molecule has 0 radical (unpaired) electrons. The maximum absolute atomic E-state index is 13.3. The molecule has 2 unspecified atom stereocenters. The van der Waals surface area contributed by atoms with Crippen LogP contribution in [0.1, 0.15) is 47.2 Å². The number of pyridine rings is 1. The first kappa shape index (κ1) is 29.4. The molecule has 11 nitrogen and oxygen atoms in total. The molecule has 2 aromatic heterocycles. The molecular formula is C34H30N6O5. The second-order valence-electron chi connectivity index (χ2n) is 11.1. The summed E-state index contributed by atoms with van der Waals surface area (Å²) in [6.45, 7) is 3.75. The highest BCUT2D eigenvalue weighted by Gasteiger charge is 2.49. The lowest BCUT2D eigenvalue weighted by molar-refractivity contribution is -0.152. The number of amides is 2. The number of nitrogens with zero attached hydrogens (tertiary/aromatic N) is 3. The Labute approximate surface area is 259 Å². The predicted octanol–water partition coefficient (Wildman–Crippen LogP) is 5.35. The number of carbonyl (C=O) groups is 4. The van der Waals surface area contributed by atoms with E-state index in [0.29, 0.717) is 28.5 Å². The fourth-order valence-electron chi connectivity index (χ4n) is 5.88. The Morgan fingerprint density at radius 1 is 1.07 bits per heavy atom. The summed E-state index contributed by atoms with van der Waals surface area (Å²) < 4.78 is 5.12. The quantitative estimate of drug-likeness (QED) is 0.196. The summed E-state index contributed by atoms with van der Waals surface area (Å²) in [5.74, 6) is -1.87. The van der Waals surface area contributed by atoms with Gasteiger partial charge in [0.25, 0.3) is 11.8 Å². The normalized spacial score (nSPS) is 18.8. The van der Waals surface area contributed by atoms with Crippen LogP contribution in [0.5, 0.6) is 0 Å². The smallest absolute Gasteiger partial charge is 0.316 e. The highest BCUT2D eigenvalue weighted by atomic mass is 16.5. The number of hydrogen-bond acceptors (Lipinski definition) is 9. The fraction of sp³-hybridized carbons (Fsp3) is 0.206. The number of nitrogens with one attached hydrogen (secondary N) is 3. The molecule has 226 valence electrons. The number of ketones is 1. The molecule has 1 aliphatic heterocycles. The van der Waals surface area contributed by atoms with Crippen molar-refractivity contribution in [2.24, 2.45) is 5.41 Å². The third kappa shape index (κ3) is 5.55. The van der Waals surface area contributed by atoms with Gasteiger partial charge in [-0.05, 0) is 73.0 Å². The highest BCUT2D eigenvalue weighted by Crippen LogP contribution is 2.49. The lowest BCUT2D eigenvalue weighted by Gasteiger charge is -2.39. The number of methoxy groups -OCH3 is 1. The minimum atomic E-state index is -1.17. The fourth-order valence-corrected chi connectivity index (χ4v) is 5.88. The van der Waals surface area contributed by atoms with Crippen molar-refractivity contribution in [3.8, 4) is 11.3 Å². The average molecular weight is 603 g/mol. The minimum absolute atomic E-state index is 0.0626. The van der Waals surface area contributed by atoms with Crippen LogP contribution < -0.4 is 16.0 Å². The van der Waals surface area contributed by atoms with Crippen LogP contribution in [0.15, 0.2) is 84.8 Å². The van der Waals surface area contributed by atoms with Gasteiger partial charge >= 0.3 is 5.97 Å². The largest absolute Gasteiger partial charge is 0.468 e. The molecule has 3 heterocycles. The Hall–Kier alpha value is -5.71. The first-order valence-electron chi connectivity index (χ1n) is 14.4. The molecule has 0 saturated heterocycles. The van der Waals surface area contributed by atoms with Crippen LogP contribution in [0.2, 0.25) is 0 Å². The van der Waals surface area contributed by atoms with Crippen LogP contribution >= 0.6 is 0 Å². The molecule has 0 fully saturated rings. The van der Waals surface area contributed by atoms with Crippen LogP contribution in [-0.4, -0.2) is 45.6 Å². The second-order valence-corrected chi connectivity index (χ2v) is 11.1. The maximum Gasteiger partial charge on any atom is 0.316 e. The Kier molecular flexibility index (Phi) is 7.67. The molecule has 2 bridgehead atoms. The molecule has 2 atom stereocenters. The summed E-state index contributed by atoms with van der Waals surface area (Å²) in [6.07, 6.45) is 6.85. The van der Waals surface area contributed by atoms with Crippen molar-refractivity contribution >= 4 is 46.6 Å². The van der Waals surface area contributed by atoms with Gasteiger partial charge in [-0.2, -0.15) is 0 Å². The monoisotopic (exact) mass is 602 g/mol. The summed E-state index contributed by atoms with van der Waals surface area (Å²) in [4.78, 5) is 65.1. The number of rotatable bonds is 6. The van der Waals surface area contributed by atoms with Gasteiger partial charge in [0, 0.05) is 59.1 Å². The van der Waals surface area contributed by atoms with Gasteiger partial charge in [0.2, 0.25) is 5.95 Å². The molecule has 0 spiro atoms. The van der Waals surface area contributed by atoms with E-state index in [9.17, 15) is 19.2 Å². The van der Waals surface area contributed by atoms with E-state index in [4.69, 9.17) is 4.74 Å².